The molecule has 2 unspecified atom stereocenters. The Balaban J connectivity index is 0.00000220. The molecule has 2 rings (SSSR count). The SMILES string of the molecule is CN=C(NCCS(C)(=O)=O)NC1CN(C2CC2)CC1C.I. The van der Waals surface area contributed by atoms with E-state index < -0.39 is 9.84 Å². The molecule has 1 aliphatic heterocycles. The van der Waals surface area contributed by atoms with Crippen LogP contribution < -0.4 is 10.6 Å². The number of hydrogen-bond donors (Lipinski definition) is 2. The molecule has 0 spiro atoms. The van der Waals surface area contributed by atoms with Gasteiger partial charge < -0.3 is 10.6 Å². The van der Waals surface area contributed by atoms with E-state index in [1.165, 1.54) is 19.1 Å². The van der Waals surface area contributed by atoms with E-state index in [1.807, 2.05) is 0 Å². The zero-order valence-corrected chi connectivity index (χ0v) is 16.1. The molecule has 1 aliphatic carbocycles. The molecule has 2 aliphatic rings. The molecule has 21 heavy (non-hydrogen) atoms. The summed E-state index contributed by atoms with van der Waals surface area (Å²) in [4.78, 5) is 6.72. The monoisotopic (exact) mass is 430 g/mol. The van der Waals surface area contributed by atoms with Gasteiger partial charge in [-0.2, -0.15) is 0 Å². The summed E-state index contributed by atoms with van der Waals surface area (Å²) in [6.07, 6.45) is 3.92. The molecule has 8 heteroatoms. The molecule has 124 valence electrons. The summed E-state index contributed by atoms with van der Waals surface area (Å²) in [6.45, 7) is 4.84. The predicted molar refractivity (Wildman–Crippen MR) is 97.2 cm³/mol. The maximum atomic E-state index is 11.1. The Morgan fingerprint density at radius 2 is 2.00 bits per heavy atom. The molecule has 0 radical (unpaired) electrons. The Morgan fingerprint density at radius 1 is 1.33 bits per heavy atom. The lowest BCUT2D eigenvalue weighted by Gasteiger charge is -2.20. The first-order valence-corrected chi connectivity index (χ1v) is 9.34. The highest BCUT2D eigenvalue weighted by Gasteiger charge is 2.38. The van der Waals surface area contributed by atoms with E-state index in [-0.39, 0.29) is 29.7 Å². The van der Waals surface area contributed by atoms with E-state index in [1.54, 1.807) is 7.05 Å². The van der Waals surface area contributed by atoms with Crippen molar-refractivity contribution >= 4 is 39.8 Å². The first-order valence-electron chi connectivity index (χ1n) is 7.28. The lowest BCUT2D eigenvalue weighted by atomic mass is 10.1. The predicted octanol–water partition coefficient (Wildman–Crippen LogP) is 0.297. The van der Waals surface area contributed by atoms with Crippen LogP contribution in [-0.4, -0.2) is 70.1 Å². The zero-order chi connectivity index (χ0) is 14.8. The fourth-order valence-electron chi connectivity index (χ4n) is 2.66. The lowest BCUT2D eigenvalue weighted by Crippen LogP contribution is -2.47. The Morgan fingerprint density at radius 3 is 2.52 bits per heavy atom. The number of aliphatic imine (C=N–C) groups is 1. The van der Waals surface area contributed by atoms with Gasteiger partial charge in [0.25, 0.3) is 0 Å². The van der Waals surface area contributed by atoms with Gasteiger partial charge in [-0.3, -0.25) is 9.89 Å². The van der Waals surface area contributed by atoms with E-state index in [0.717, 1.165) is 19.1 Å². The zero-order valence-electron chi connectivity index (χ0n) is 13.0. The topological polar surface area (TPSA) is 73.8 Å². The van der Waals surface area contributed by atoms with Gasteiger partial charge in [-0.1, -0.05) is 6.92 Å². The number of sulfone groups is 1. The van der Waals surface area contributed by atoms with Crippen molar-refractivity contribution in [1.29, 1.82) is 0 Å². The minimum atomic E-state index is -2.93. The maximum Gasteiger partial charge on any atom is 0.191 e. The fourth-order valence-corrected chi connectivity index (χ4v) is 3.13. The second-order valence-electron chi connectivity index (χ2n) is 6.04. The summed E-state index contributed by atoms with van der Waals surface area (Å²) < 4.78 is 22.2. The van der Waals surface area contributed by atoms with Gasteiger partial charge >= 0.3 is 0 Å². The highest BCUT2D eigenvalue weighted by Crippen LogP contribution is 2.31. The quantitative estimate of drug-likeness (QED) is 0.373. The van der Waals surface area contributed by atoms with Crippen molar-refractivity contribution in [1.82, 2.24) is 15.5 Å². The third-order valence-corrected chi connectivity index (χ3v) is 4.96. The Bertz CT molecular complexity index is 465. The molecular formula is C13H27IN4O2S. The van der Waals surface area contributed by atoms with Crippen LogP contribution in [0, 0.1) is 5.92 Å². The molecule has 2 fully saturated rings. The average Bonchev–Trinajstić information content (AvgIpc) is 3.13. The molecule has 6 nitrogen and oxygen atoms in total. The summed E-state index contributed by atoms with van der Waals surface area (Å²) in [5.41, 5.74) is 0. The van der Waals surface area contributed by atoms with Gasteiger partial charge in [0, 0.05) is 45.0 Å². The molecule has 2 N–H and O–H groups in total. The molecular weight excluding hydrogens is 403 g/mol. The third kappa shape index (κ3) is 6.27. The molecule has 0 bridgehead atoms. The van der Waals surface area contributed by atoms with Gasteiger partial charge in [-0.15, -0.1) is 24.0 Å². The van der Waals surface area contributed by atoms with Gasteiger partial charge in [0.2, 0.25) is 0 Å². The van der Waals surface area contributed by atoms with Gasteiger partial charge in [0.15, 0.2) is 5.96 Å². The third-order valence-electron chi connectivity index (χ3n) is 4.01. The standard InChI is InChI=1S/C13H26N4O2S.HI/c1-10-8-17(11-4-5-11)9-12(10)16-13(14-2)15-6-7-20(3,18)19;/h10-12H,4-9H2,1-3H3,(H2,14,15,16);1H. The molecule has 0 aromatic carbocycles. The number of hydrogen-bond acceptors (Lipinski definition) is 4. The van der Waals surface area contributed by atoms with E-state index in [4.69, 9.17) is 0 Å². The molecule has 2 atom stereocenters. The number of likely N-dealkylation sites (tertiary alicyclic amines) is 1. The number of nitrogens with zero attached hydrogens (tertiary/aromatic N) is 2. The van der Waals surface area contributed by atoms with Crippen LogP contribution in [0.4, 0.5) is 0 Å². The van der Waals surface area contributed by atoms with Gasteiger partial charge in [-0.25, -0.2) is 8.42 Å². The van der Waals surface area contributed by atoms with Crippen LogP contribution >= 0.6 is 24.0 Å². The smallest absolute Gasteiger partial charge is 0.191 e. The highest BCUT2D eigenvalue weighted by molar-refractivity contribution is 14.0. The van der Waals surface area contributed by atoms with Gasteiger partial charge in [0.1, 0.15) is 9.84 Å². The van der Waals surface area contributed by atoms with Crippen molar-refractivity contribution in [2.75, 3.05) is 38.7 Å². The summed E-state index contributed by atoms with van der Waals surface area (Å²) in [5.74, 6) is 1.41. The van der Waals surface area contributed by atoms with Crippen molar-refractivity contribution in [3.8, 4) is 0 Å². The molecule has 0 aromatic rings. The van der Waals surface area contributed by atoms with Crippen LogP contribution in [0.25, 0.3) is 0 Å². The van der Waals surface area contributed by atoms with E-state index in [9.17, 15) is 8.42 Å². The number of guanidine groups is 1. The van der Waals surface area contributed by atoms with E-state index in [0.29, 0.717) is 24.5 Å². The van der Waals surface area contributed by atoms with Crippen LogP contribution in [0.15, 0.2) is 4.99 Å². The fraction of sp³-hybridized carbons (Fsp3) is 0.923. The summed E-state index contributed by atoms with van der Waals surface area (Å²) in [7, 11) is -1.21. The second kappa shape index (κ2) is 7.96. The van der Waals surface area contributed by atoms with Crippen molar-refractivity contribution in [2.24, 2.45) is 10.9 Å². The van der Waals surface area contributed by atoms with Crippen molar-refractivity contribution < 1.29 is 8.42 Å². The minimum Gasteiger partial charge on any atom is -0.355 e. The Labute approximate surface area is 145 Å². The van der Waals surface area contributed by atoms with Crippen LogP contribution in [-0.2, 0) is 9.84 Å². The Kier molecular flexibility index (Phi) is 7.18. The van der Waals surface area contributed by atoms with E-state index in [2.05, 4.69) is 27.4 Å². The second-order valence-corrected chi connectivity index (χ2v) is 8.30. The molecule has 1 heterocycles. The van der Waals surface area contributed by atoms with Crippen molar-refractivity contribution in [3.63, 3.8) is 0 Å². The summed E-state index contributed by atoms with van der Waals surface area (Å²) in [5, 5.41) is 6.49. The first kappa shape index (κ1) is 19.0. The van der Waals surface area contributed by atoms with Crippen molar-refractivity contribution in [2.45, 2.75) is 31.8 Å². The summed E-state index contributed by atoms with van der Waals surface area (Å²) in [6, 6.07) is 1.18. The molecule has 0 aromatic heterocycles. The van der Waals surface area contributed by atoms with Gasteiger partial charge in [-0.05, 0) is 18.8 Å². The highest BCUT2D eigenvalue weighted by atomic mass is 127. The molecule has 1 saturated heterocycles. The normalized spacial score (nSPS) is 27.3. The number of halogens is 1. The number of rotatable bonds is 5. The van der Waals surface area contributed by atoms with Crippen LogP contribution in [0.1, 0.15) is 19.8 Å². The number of nitrogens with one attached hydrogen (secondary N) is 2. The maximum absolute atomic E-state index is 11.1. The van der Waals surface area contributed by atoms with Gasteiger partial charge in [0.05, 0.1) is 5.75 Å². The van der Waals surface area contributed by atoms with E-state index >= 15 is 0 Å². The average molecular weight is 430 g/mol. The Hall–Kier alpha value is -0.0900. The summed E-state index contributed by atoms with van der Waals surface area (Å²) >= 11 is 0. The first-order chi connectivity index (χ1) is 9.39. The van der Waals surface area contributed by atoms with Crippen molar-refractivity contribution in [3.05, 3.63) is 0 Å². The van der Waals surface area contributed by atoms with Crippen LogP contribution in [0.5, 0.6) is 0 Å². The minimum absolute atomic E-state index is 0. The lowest BCUT2D eigenvalue weighted by molar-refractivity contribution is 0.315. The largest absolute Gasteiger partial charge is 0.355 e. The van der Waals surface area contributed by atoms with Crippen LogP contribution in [0.2, 0.25) is 0 Å². The molecule has 1 saturated carbocycles. The van der Waals surface area contributed by atoms with Crippen LogP contribution in [0.3, 0.4) is 0 Å². The molecule has 0 amide bonds.